The molecule has 0 saturated heterocycles. The van der Waals surface area contributed by atoms with Gasteiger partial charge < -0.3 is 14.6 Å². The van der Waals surface area contributed by atoms with Crippen LogP contribution in [0.2, 0.25) is 0 Å². The van der Waals surface area contributed by atoms with Crippen LogP contribution in [0.4, 0.5) is 5.13 Å². The van der Waals surface area contributed by atoms with E-state index in [9.17, 15) is 14.7 Å². The Morgan fingerprint density at radius 1 is 1.24 bits per heavy atom. The Hall–Kier alpha value is -2.78. The van der Waals surface area contributed by atoms with E-state index in [1.807, 2.05) is 18.6 Å². The van der Waals surface area contributed by atoms with E-state index in [0.29, 0.717) is 18.0 Å². The summed E-state index contributed by atoms with van der Waals surface area (Å²) >= 11 is 1.43. The Morgan fingerprint density at radius 3 is 2.64 bits per heavy atom. The Kier molecular flexibility index (Phi) is 6.81. The van der Waals surface area contributed by atoms with Gasteiger partial charge in [0.2, 0.25) is 5.91 Å². The molecule has 2 heterocycles. The molecule has 9 heteroatoms. The van der Waals surface area contributed by atoms with Crippen molar-refractivity contribution in [2.75, 3.05) is 32.6 Å². The van der Waals surface area contributed by atoms with Crippen molar-refractivity contribution in [1.82, 2.24) is 19.4 Å². The summed E-state index contributed by atoms with van der Waals surface area (Å²) in [7, 11) is 5.80. The fourth-order valence-corrected chi connectivity index (χ4v) is 5.70. The van der Waals surface area contributed by atoms with E-state index in [4.69, 9.17) is 0 Å². The third-order valence-electron chi connectivity index (χ3n) is 6.62. The quantitative estimate of drug-likeness (QED) is 0.476. The first-order valence-corrected chi connectivity index (χ1v) is 12.2. The molecule has 1 atom stereocenters. The van der Waals surface area contributed by atoms with Gasteiger partial charge in [-0.25, -0.2) is 9.97 Å². The lowest BCUT2D eigenvalue weighted by atomic mass is 9.85. The first-order chi connectivity index (χ1) is 15.8. The van der Waals surface area contributed by atoms with Gasteiger partial charge in [-0.15, -0.1) is 0 Å². The molecule has 1 fully saturated rings. The van der Waals surface area contributed by atoms with Gasteiger partial charge in [0.15, 0.2) is 5.13 Å². The van der Waals surface area contributed by atoms with E-state index in [2.05, 4.69) is 45.7 Å². The van der Waals surface area contributed by atoms with Crippen molar-refractivity contribution in [2.24, 2.45) is 5.41 Å². The van der Waals surface area contributed by atoms with Crippen molar-refractivity contribution < 1.29 is 14.7 Å². The number of hydrogen-bond donors (Lipinski definition) is 1. The summed E-state index contributed by atoms with van der Waals surface area (Å²) in [6.07, 6.45) is 9.97. The van der Waals surface area contributed by atoms with Gasteiger partial charge in [0.25, 0.3) is 0 Å². The van der Waals surface area contributed by atoms with Crippen molar-refractivity contribution in [2.45, 2.75) is 44.6 Å². The van der Waals surface area contributed by atoms with Crippen molar-refractivity contribution in [3.63, 3.8) is 0 Å². The molecule has 2 aromatic heterocycles. The standard InChI is InChI=1S/C24H31N5O3S/c1-27(2)13-6-7-19(29-14-12-25-16-29)17-8-9-18-20(15-17)33-23(26-18)28(3)21(30)24(22(31)32)10-4-5-11-24/h8-9,12,14-16,19H,4-7,10-11,13H2,1-3H3,(H,31,32). The molecule has 1 aliphatic carbocycles. The fourth-order valence-electron chi connectivity index (χ4n) is 4.73. The molecule has 176 valence electrons. The molecule has 0 aliphatic heterocycles. The summed E-state index contributed by atoms with van der Waals surface area (Å²) in [6, 6.07) is 6.37. The lowest BCUT2D eigenvalue weighted by molar-refractivity contribution is -0.154. The summed E-state index contributed by atoms with van der Waals surface area (Å²) in [5, 5.41) is 10.3. The topological polar surface area (TPSA) is 91.6 Å². The summed E-state index contributed by atoms with van der Waals surface area (Å²) in [4.78, 5) is 37.6. The Morgan fingerprint density at radius 2 is 2.00 bits per heavy atom. The molecule has 1 aliphatic rings. The molecule has 3 aromatic rings. The molecule has 33 heavy (non-hydrogen) atoms. The van der Waals surface area contributed by atoms with Gasteiger partial charge in [0.1, 0.15) is 5.41 Å². The van der Waals surface area contributed by atoms with Gasteiger partial charge in [-0.1, -0.05) is 30.2 Å². The van der Waals surface area contributed by atoms with E-state index >= 15 is 0 Å². The number of aliphatic carboxylic acids is 1. The summed E-state index contributed by atoms with van der Waals surface area (Å²) in [5.41, 5.74) is 0.657. The summed E-state index contributed by atoms with van der Waals surface area (Å²) in [5.74, 6) is -1.40. The van der Waals surface area contributed by atoms with E-state index in [1.165, 1.54) is 21.8 Å². The number of fused-ring (bicyclic) bond motifs is 1. The van der Waals surface area contributed by atoms with Gasteiger partial charge in [-0.05, 0) is 64.0 Å². The number of hydrogen-bond acceptors (Lipinski definition) is 6. The minimum atomic E-state index is -1.32. The fraction of sp³-hybridized carbons (Fsp3) is 0.500. The van der Waals surface area contributed by atoms with Gasteiger partial charge in [0, 0.05) is 19.4 Å². The number of carbonyl (C=O) groups excluding carboxylic acids is 1. The second-order valence-electron chi connectivity index (χ2n) is 9.15. The van der Waals surface area contributed by atoms with Crippen molar-refractivity contribution >= 4 is 38.6 Å². The SMILES string of the molecule is CN(C)CCCC(c1ccc2nc(N(C)C(=O)C3(C(=O)O)CCCC3)sc2c1)n1ccnc1. The van der Waals surface area contributed by atoms with Crippen LogP contribution >= 0.6 is 11.3 Å². The average molecular weight is 470 g/mol. The number of carboxylic acids is 1. The average Bonchev–Trinajstić information content (AvgIpc) is 3.55. The Balaban J connectivity index is 1.61. The molecule has 1 N–H and O–H groups in total. The van der Waals surface area contributed by atoms with Crippen molar-refractivity contribution in [1.29, 1.82) is 0 Å². The number of amides is 1. The zero-order valence-electron chi connectivity index (χ0n) is 19.4. The van der Waals surface area contributed by atoms with E-state index in [1.54, 1.807) is 13.2 Å². The molecule has 0 spiro atoms. The molecule has 0 radical (unpaired) electrons. The van der Waals surface area contributed by atoms with Gasteiger partial charge in [0.05, 0.1) is 22.6 Å². The van der Waals surface area contributed by atoms with E-state index in [0.717, 1.165) is 42.4 Å². The summed E-state index contributed by atoms with van der Waals surface area (Å²) in [6.45, 7) is 1.01. The predicted octanol–water partition coefficient (Wildman–Crippen LogP) is 4.03. The highest BCUT2D eigenvalue weighted by atomic mass is 32.1. The van der Waals surface area contributed by atoms with E-state index < -0.39 is 11.4 Å². The second-order valence-corrected chi connectivity index (χ2v) is 10.2. The molecule has 8 nitrogen and oxygen atoms in total. The van der Waals surface area contributed by atoms with Gasteiger partial charge in [-0.2, -0.15) is 0 Å². The Bertz CT molecular complexity index is 1120. The van der Waals surface area contributed by atoms with Crippen molar-refractivity contribution in [3.8, 4) is 0 Å². The highest BCUT2D eigenvalue weighted by molar-refractivity contribution is 7.22. The number of thiazole rings is 1. The third-order valence-corrected chi connectivity index (χ3v) is 7.72. The number of imidazole rings is 1. The number of nitrogens with zero attached hydrogens (tertiary/aromatic N) is 5. The molecule has 1 aromatic carbocycles. The zero-order valence-corrected chi connectivity index (χ0v) is 20.2. The zero-order chi connectivity index (χ0) is 23.6. The van der Waals surface area contributed by atoms with Crippen LogP contribution in [-0.4, -0.2) is 64.1 Å². The van der Waals surface area contributed by atoms with Crippen LogP contribution in [0.1, 0.15) is 50.1 Å². The van der Waals surface area contributed by atoms with Crippen LogP contribution in [0.15, 0.2) is 36.9 Å². The lowest BCUT2D eigenvalue weighted by Gasteiger charge is -2.27. The smallest absolute Gasteiger partial charge is 0.319 e. The molecular weight excluding hydrogens is 438 g/mol. The van der Waals surface area contributed by atoms with Crippen LogP contribution < -0.4 is 4.90 Å². The lowest BCUT2D eigenvalue weighted by Crippen LogP contribution is -2.45. The first-order valence-electron chi connectivity index (χ1n) is 11.4. The normalized spacial score (nSPS) is 16.4. The molecular formula is C24H31N5O3S. The minimum Gasteiger partial charge on any atom is -0.480 e. The number of rotatable bonds is 9. The van der Waals surface area contributed by atoms with Gasteiger partial charge in [-0.3, -0.25) is 14.5 Å². The van der Waals surface area contributed by atoms with Crippen LogP contribution in [0.3, 0.4) is 0 Å². The van der Waals surface area contributed by atoms with Crippen LogP contribution in [0.5, 0.6) is 0 Å². The second kappa shape index (κ2) is 9.61. The number of anilines is 1. The van der Waals surface area contributed by atoms with E-state index in [-0.39, 0.29) is 11.9 Å². The highest BCUT2D eigenvalue weighted by Gasteiger charge is 2.50. The summed E-state index contributed by atoms with van der Waals surface area (Å²) < 4.78 is 3.11. The number of aromatic nitrogens is 3. The molecule has 4 rings (SSSR count). The van der Waals surface area contributed by atoms with Crippen molar-refractivity contribution in [3.05, 3.63) is 42.5 Å². The maximum Gasteiger partial charge on any atom is 0.319 e. The largest absolute Gasteiger partial charge is 0.480 e. The highest BCUT2D eigenvalue weighted by Crippen LogP contribution is 2.42. The number of benzene rings is 1. The monoisotopic (exact) mass is 469 g/mol. The van der Waals surface area contributed by atoms with Crippen LogP contribution in [0, 0.1) is 5.41 Å². The molecule has 1 saturated carbocycles. The number of carbonyl (C=O) groups is 2. The third kappa shape index (κ3) is 4.65. The van der Waals surface area contributed by atoms with Crippen LogP contribution in [-0.2, 0) is 9.59 Å². The molecule has 0 bridgehead atoms. The van der Waals surface area contributed by atoms with Gasteiger partial charge >= 0.3 is 5.97 Å². The molecule has 1 amide bonds. The predicted molar refractivity (Wildman–Crippen MR) is 130 cm³/mol. The molecule has 1 unspecified atom stereocenters. The van der Waals surface area contributed by atoms with Crippen LogP contribution in [0.25, 0.3) is 10.2 Å². The maximum atomic E-state index is 13.2. The maximum absolute atomic E-state index is 13.2. The minimum absolute atomic E-state index is 0.163. The number of carboxylic acid groups (broad SMARTS) is 1. The first kappa shape index (κ1) is 23.4. The Labute approximate surface area is 197 Å².